The minimum atomic E-state index is -0.443. The fourth-order valence-corrected chi connectivity index (χ4v) is 2.82. The number of halogens is 2. The van der Waals surface area contributed by atoms with Crippen molar-refractivity contribution in [3.8, 4) is 0 Å². The van der Waals surface area contributed by atoms with E-state index in [0.717, 1.165) is 42.7 Å². The molecule has 1 aliphatic rings. The Kier molecular flexibility index (Phi) is 3.84. The molecule has 0 fully saturated rings. The number of H-pyrrole nitrogens is 1. The molecule has 2 aromatic rings. The van der Waals surface area contributed by atoms with E-state index in [4.69, 9.17) is 0 Å². The van der Waals surface area contributed by atoms with Gasteiger partial charge in [0, 0.05) is 29.9 Å². The van der Waals surface area contributed by atoms with E-state index >= 15 is 0 Å². The van der Waals surface area contributed by atoms with Gasteiger partial charge in [0.1, 0.15) is 11.6 Å². The molecule has 0 aliphatic heterocycles. The molecule has 2 N–H and O–H groups in total. The van der Waals surface area contributed by atoms with Crippen molar-refractivity contribution in [2.75, 3.05) is 0 Å². The van der Waals surface area contributed by atoms with E-state index in [1.807, 2.05) is 6.07 Å². The molecule has 1 aliphatic carbocycles. The Balaban J connectivity index is 1.78. The monoisotopic (exact) mass is 290 g/mol. The summed E-state index contributed by atoms with van der Waals surface area (Å²) in [6, 6.07) is 6.82. The second-order valence-electron chi connectivity index (χ2n) is 5.32. The zero-order valence-corrected chi connectivity index (χ0v) is 11.5. The highest BCUT2D eigenvalue weighted by atomic mass is 19.1. The van der Waals surface area contributed by atoms with Gasteiger partial charge < -0.3 is 10.3 Å². The van der Waals surface area contributed by atoms with Gasteiger partial charge in [0.15, 0.2) is 0 Å². The van der Waals surface area contributed by atoms with Gasteiger partial charge in [-0.05, 0) is 43.0 Å². The second kappa shape index (κ2) is 5.77. The van der Waals surface area contributed by atoms with Crippen molar-refractivity contribution in [2.24, 2.45) is 0 Å². The van der Waals surface area contributed by atoms with Crippen LogP contribution in [0.3, 0.4) is 0 Å². The third kappa shape index (κ3) is 3.03. The topological polar surface area (TPSA) is 44.9 Å². The first-order valence-electron chi connectivity index (χ1n) is 7.03. The number of hydrogen-bond donors (Lipinski definition) is 2. The van der Waals surface area contributed by atoms with Gasteiger partial charge in [-0.2, -0.15) is 0 Å². The Bertz CT molecular complexity index is 712. The molecule has 1 aromatic heterocycles. The SMILES string of the molecule is O=c1ccc2c([nH]1)CCCC2NCc1cc(F)ccc1F. The molecular weight excluding hydrogens is 274 g/mol. The summed E-state index contributed by atoms with van der Waals surface area (Å²) in [7, 11) is 0. The van der Waals surface area contributed by atoms with Gasteiger partial charge >= 0.3 is 0 Å². The van der Waals surface area contributed by atoms with E-state index in [1.54, 1.807) is 0 Å². The summed E-state index contributed by atoms with van der Waals surface area (Å²) in [4.78, 5) is 14.2. The minimum Gasteiger partial charge on any atom is -0.326 e. The van der Waals surface area contributed by atoms with Crippen molar-refractivity contribution in [3.05, 3.63) is 69.1 Å². The number of benzene rings is 1. The van der Waals surface area contributed by atoms with Crippen molar-refractivity contribution in [3.63, 3.8) is 0 Å². The molecule has 1 unspecified atom stereocenters. The maximum Gasteiger partial charge on any atom is 0.248 e. The number of hydrogen-bond acceptors (Lipinski definition) is 2. The van der Waals surface area contributed by atoms with Gasteiger partial charge in [0.2, 0.25) is 5.56 Å². The fourth-order valence-electron chi connectivity index (χ4n) is 2.82. The van der Waals surface area contributed by atoms with Crippen molar-refractivity contribution in [1.82, 2.24) is 10.3 Å². The molecular formula is C16H16F2N2O. The van der Waals surface area contributed by atoms with E-state index in [2.05, 4.69) is 10.3 Å². The number of pyridine rings is 1. The van der Waals surface area contributed by atoms with Crippen LogP contribution in [0.1, 0.15) is 35.7 Å². The Morgan fingerprint density at radius 3 is 2.95 bits per heavy atom. The Hall–Kier alpha value is -2.01. The van der Waals surface area contributed by atoms with Crippen LogP contribution >= 0.6 is 0 Å². The van der Waals surface area contributed by atoms with Gasteiger partial charge in [-0.25, -0.2) is 8.78 Å². The predicted molar refractivity (Wildman–Crippen MR) is 75.9 cm³/mol. The fraction of sp³-hybridized carbons (Fsp3) is 0.312. The highest BCUT2D eigenvalue weighted by molar-refractivity contribution is 5.27. The maximum absolute atomic E-state index is 13.6. The maximum atomic E-state index is 13.6. The zero-order chi connectivity index (χ0) is 14.8. The Morgan fingerprint density at radius 1 is 1.24 bits per heavy atom. The number of aromatic amines is 1. The smallest absolute Gasteiger partial charge is 0.248 e. The lowest BCUT2D eigenvalue weighted by atomic mass is 9.91. The lowest BCUT2D eigenvalue weighted by Gasteiger charge is -2.26. The van der Waals surface area contributed by atoms with Crippen LogP contribution < -0.4 is 10.9 Å². The Labute approximate surface area is 121 Å². The molecule has 0 radical (unpaired) electrons. The molecule has 0 amide bonds. The number of nitrogens with one attached hydrogen (secondary N) is 2. The summed E-state index contributed by atoms with van der Waals surface area (Å²) >= 11 is 0. The summed E-state index contributed by atoms with van der Waals surface area (Å²) < 4.78 is 26.8. The van der Waals surface area contributed by atoms with Gasteiger partial charge in [-0.3, -0.25) is 4.79 Å². The molecule has 5 heteroatoms. The van der Waals surface area contributed by atoms with E-state index in [1.165, 1.54) is 12.1 Å². The summed E-state index contributed by atoms with van der Waals surface area (Å²) in [6.07, 6.45) is 2.71. The third-order valence-corrected chi connectivity index (χ3v) is 3.88. The minimum absolute atomic E-state index is 0.0493. The second-order valence-corrected chi connectivity index (χ2v) is 5.32. The first-order chi connectivity index (χ1) is 10.1. The van der Waals surface area contributed by atoms with Gasteiger partial charge in [0.05, 0.1) is 0 Å². The van der Waals surface area contributed by atoms with Gasteiger partial charge in [-0.15, -0.1) is 0 Å². The largest absolute Gasteiger partial charge is 0.326 e. The Morgan fingerprint density at radius 2 is 2.10 bits per heavy atom. The molecule has 3 rings (SSSR count). The molecule has 1 aromatic carbocycles. The molecule has 1 heterocycles. The summed E-state index contributed by atoms with van der Waals surface area (Å²) in [5, 5.41) is 3.25. The normalized spacial score (nSPS) is 17.5. The van der Waals surface area contributed by atoms with Crippen molar-refractivity contribution < 1.29 is 8.78 Å². The van der Waals surface area contributed by atoms with Crippen LogP contribution in [0.2, 0.25) is 0 Å². The van der Waals surface area contributed by atoms with Crippen LogP contribution in [0.25, 0.3) is 0 Å². The summed E-state index contributed by atoms with van der Waals surface area (Å²) in [5.41, 5.74) is 2.18. The van der Waals surface area contributed by atoms with Crippen LogP contribution in [0.15, 0.2) is 35.1 Å². The van der Waals surface area contributed by atoms with Crippen LogP contribution in [-0.4, -0.2) is 4.98 Å². The molecule has 0 saturated heterocycles. The van der Waals surface area contributed by atoms with Gasteiger partial charge in [-0.1, -0.05) is 6.07 Å². The van der Waals surface area contributed by atoms with Gasteiger partial charge in [0.25, 0.3) is 0 Å². The van der Waals surface area contributed by atoms with Crippen LogP contribution in [0.4, 0.5) is 8.78 Å². The molecule has 3 nitrogen and oxygen atoms in total. The van der Waals surface area contributed by atoms with E-state index in [0.29, 0.717) is 5.56 Å². The lowest BCUT2D eigenvalue weighted by molar-refractivity contribution is 0.446. The van der Waals surface area contributed by atoms with Crippen LogP contribution in [0.5, 0.6) is 0 Å². The highest BCUT2D eigenvalue weighted by Gasteiger charge is 2.20. The first kappa shape index (κ1) is 13.9. The zero-order valence-electron chi connectivity index (χ0n) is 11.5. The first-order valence-corrected chi connectivity index (χ1v) is 7.03. The van der Waals surface area contributed by atoms with Crippen molar-refractivity contribution in [1.29, 1.82) is 0 Å². The number of fused-ring (bicyclic) bond motifs is 1. The van der Waals surface area contributed by atoms with Crippen LogP contribution in [-0.2, 0) is 13.0 Å². The molecule has 0 saturated carbocycles. The van der Waals surface area contributed by atoms with Crippen molar-refractivity contribution in [2.45, 2.75) is 31.8 Å². The highest BCUT2D eigenvalue weighted by Crippen LogP contribution is 2.27. The standard InChI is InChI=1S/C16H16F2N2O/c17-11-4-6-13(18)10(8-11)9-19-14-2-1-3-15-12(14)5-7-16(21)20-15/h4-8,14,19H,1-3,9H2,(H,20,21). The number of rotatable bonds is 3. The van der Waals surface area contributed by atoms with Crippen molar-refractivity contribution >= 4 is 0 Å². The van der Waals surface area contributed by atoms with Crippen LogP contribution in [0, 0.1) is 11.6 Å². The predicted octanol–water partition coefficient (Wildman–Crippen LogP) is 2.82. The summed E-state index contributed by atoms with van der Waals surface area (Å²) in [5.74, 6) is -0.858. The third-order valence-electron chi connectivity index (χ3n) is 3.88. The number of aromatic nitrogens is 1. The molecule has 110 valence electrons. The molecule has 0 bridgehead atoms. The summed E-state index contributed by atoms with van der Waals surface area (Å²) in [6.45, 7) is 0.257. The van der Waals surface area contributed by atoms with E-state index < -0.39 is 11.6 Å². The molecule has 1 atom stereocenters. The van der Waals surface area contributed by atoms with E-state index in [-0.39, 0.29) is 18.1 Å². The molecule has 0 spiro atoms. The van der Waals surface area contributed by atoms with E-state index in [9.17, 15) is 13.6 Å². The average Bonchev–Trinajstić information content (AvgIpc) is 2.47. The number of aryl methyl sites for hydroxylation is 1. The quantitative estimate of drug-likeness (QED) is 0.913. The average molecular weight is 290 g/mol. The lowest BCUT2D eigenvalue weighted by Crippen LogP contribution is -2.27. The molecule has 21 heavy (non-hydrogen) atoms.